The van der Waals surface area contributed by atoms with Crippen molar-refractivity contribution in [3.05, 3.63) is 101 Å². The summed E-state index contributed by atoms with van der Waals surface area (Å²) in [6.45, 7) is 4.35. The molecule has 0 bridgehead atoms. The van der Waals surface area contributed by atoms with E-state index in [-0.39, 0.29) is 22.5 Å². The first kappa shape index (κ1) is 23.3. The molecular weight excluding hydrogens is 452 g/mol. The van der Waals surface area contributed by atoms with Crippen molar-refractivity contribution in [2.75, 3.05) is 17.8 Å². The molecule has 8 heteroatoms. The maximum atomic E-state index is 13.4. The van der Waals surface area contributed by atoms with E-state index in [0.717, 1.165) is 0 Å². The summed E-state index contributed by atoms with van der Waals surface area (Å²) in [6.07, 6.45) is 0. The molecular formula is C26H24N2O5S. The molecule has 0 heterocycles. The van der Waals surface area contributed by atoms with Gasteiger partial charge < -0.3 is 9.64 Å². The van der Waals surface area contributed by atoms with Gasteiger partial charge in [-0.25, -0.2) is 8.42 Å². The van der Waals surface area contributed by atoms with Gasteiger partial charge in [0.1, 0.15) is 17.2 Å². The Bertz CT molecular complexity index is 1360. The highest BCUT2D eigenvalue weighted by Gasteiger charge is 2.41. The Labute approximate surface area is 198 Å². The van der Waals surface area contributed by atoms with Crippen LogP contribution in [0, 0.1) is 0 Å². The van der Waals surface area contributed by atoms with E-state index in [9.17, 15) is 18.0 Å². The zero-order chi connectivity index (χ0) is 24.3. The zero-order valence-electron chi connectivity index (χ0n) is 18.8. The van der Waals surface area contributed by atoms with E-state index in [4.69, 9.17) is 4.74 Å². The Balaban J connectivity index is 1.69. The number of likely N-dealkylation sites (N-methyl/N-ethyl adjacent to an activating group) is 1. The molecule has 7 nitrogen and oxygen atoms in total. The number of nitrogens with zero attached hydrogens (tertiary/aromatic N) is 1. The fourth-order valence-electron chi connectivity index (χ4n) is 3.84. The molecule has 174 valence electrons. The Morgan fingerprint density at radius 1 is 0.735 bits per heavy atom. The molecule has 3 aromatic carbocycles. The third-order valence-electron chi connectivity index (χ3n) is 5.49. The van der Waals surface area contributed by atoms with Crippen LogP contribution in [0.5, 0.6) is 11.5 Å². The largest absolute Gasteiger partial charge is 0.457 e. The number of hydrogen-bond donors (Lipinski definition) is 1. The van der Waals surface area contributed by atoms with Crippen LogP contribution < -0.4 is 9.46 Å². The molecule has 0 aromatic heterocycles. The number of para-hydroxylation sites is 1. The first-order chi connectivity index (χ1) is 16.4. The molecule has 34 heavy (non-hydrogen) atoms. The smallest absolute Gasteiger partial charge is 0.268 e. The van der Waals surface area contributed by atoms with Crippen molar-refractivity contribution in [2.45, 2.75) is 13.8 Å². The van der Waals surface area contributed by atoms with Crippen molar-refractivity contribution in [1.29, 1.82) is 0 Å². The highest BCUT2D eigenvalue weighted by molar-refractivity contribution is 7.97. The number of ketones is 2. The van der Waals surface area contributed by atoms with Crippen LogP contribution in [0.3, 0.4) is 0 Å². The lowest BCUT2D eigenvalue weighted by atomic mass is 9.92. The van der Waals surface area contributed by atoms with Gasteiger partial charge in [0.2, 0.25) is 11.6 Å². The van der Waals surface area contributed by atoms with E-state index in [1.165, 1.54) is 18.2 Å². The second-order valence-corrected chi connectivity index (χ2v) is 9.22. The van der Waals surface area contributed by atoms with Crippen molar-refractivity contribution < 1.29 is 22.7 Å². The van der Waals surface area contributed by atoms with Crippen LogP contribution in [0.2, 0.25) is 0 Å². The molecule has 4 rings (SSSR count). The molecule has 1 aliphatic carbocycles. The Morgan fingerprint density at radius 2 is 1.26 bits per heavy atom. The van der Waals surface area contributed by atoms with Gasteiger partial charge in [-0.1, -0.05) is 42.5 Å². The Morgan fingerprint density at radius 3 is 1.85 bits per heavy atom. The topological polar surface area (TPSA) is 92.8 Å². The highest BCUT2D eigenvalue weighted by Crippen LogP contribution is 2.32. The number of hydrogen-bond acceptors (Lipinski definition) is 6. The van der Waals surface area contributed by atoms with Crippen LogP contribution in [-0.2, 0) is 10.0 Å². The van der Waals surface area contributed by atoms with Crippen molar-refractivity contribution in [1.82, 2.24) is 4.90 Å². The van der Waals surface area contributed by atoms with E-state index in [0.29, 0.717) is 24.6 Å². The quantitative estimate of drug-likeness (QED) is 0.499. The van der Waals surface area contributed by atoms with Gasteiger partial charge in [0.25, 0.3) is 10.0 Å². The van der Waals surface area contributed by atoms with Gasteiger partial charge >= 0.3 is 0 Å². The molecule has 0 aliphatic heterocycles. The summed E-state index contributed by atoms with van der Waals surface area (Å²) in [5.74, 6) is -0.00983. The van der Waals surface area contributed by atoms with E-state index in [1.807, 2.05) is 18.2 Å². The number of anilines is 1. The number of carbonyl (C=O) groups excluding carboxylic acids is 2. The fourth-order valence-corrected chi connectivity index (χ4v) is 5.22. The maximum absolute atomic E-state index is 13.4. The van der Waals surface area contributed by atoms with Gasteiger partial charge in [-0.05, 0) is 50.2 Å². The van der Waals surface area contributed by atoms with E-state index < -0.39 is 26.5 Å². The average Bonchev–Trinajstić information content (AvgIpc) is 2.84. The minimum Gasteiger partial charge on any atom is -0.457 e. The Kier molecular flexibility index (Phi) is 6.51. The molecule has 0 radical (unpaired) electrons. The third-order valence-corrected chi connectivity index (χ3v) is 6.91. The first-order valence-electron chi connectivity index (χ1n) is 10.9. The van der Waals surface area contributed by atoms with Gasteiger partial charge in [-0.2, -0.15) is 0 Å². The molecule has 0 amide bonds. The molecule has 1 aliphatic rings. The minimum absolute atomic E-state index is 0.0791. The Hall–Kier alpha value is -3.91. The van der Waals surface area contributed by atoms with Crippen LogP contribution in [-0.4, -0.2) is 38.0 Å². The maximum Gasteiger partial charge on any atom is 0.268 e. The lowest BCUT2D eigenvalue weighted by molar-refractivity contribution is 0.0949. The van der Waals surface area contributed by atoms with Gasteiger partial charge in [0.05, 0.1) is 0 Å². The number of nitrogens with one attached hydrogen (secondary N) is 1. The molecule has 0 unspecified atom stereocenters. The lowest BCUT2D eigenvalue weighted by Crippen LogP contribution is -2.37. The van der Waals surface area contributed by atoms with Gasteiger partial charge in [-0.3, -0.25) is 14.3 Å². The number of fused-ring (bicyclic) bond motifs is 1. The van der Waals surface area contributed by atoms with Crippen LogP contribution >= 0.6 is 0 Å². The fraction of sp³-hybridized carbons (Fsp3) is 0.154. The van der Waals surface area contributed by atoms with E-state index >= 15 is 0 Å². The summed E-state index contributed by atoms with van der Waals surface area (Å²) in [4.78, 5) is 27.7. The van der Waals surface area contributed by atoms with E-state index in [1.54, 1.807) is 61.2 Å². The summed E-state index contributed by atoms with van der Waals surface area (Å²) in [5.41, 5.74) is 0.419. The monoisotopic (exact) mass is 476 g/mol. The van der Waals surface area contributed by atoms with Crippen molar-refractivity contribution in [2.24, 2.45) is 0 Å². The summed E-state index contributed by atoms with van der Waals surface area (Å²) < 4.78 is 35.1. The molecule has 0 spiro atoms. The number of Topliss-reactive ketones (excluding diaryl/α,β-unsaturated/α-hetero) is 2. The number of benzene rings is 3. The van der Waals surface area contributed by atoms with E-state index in [2.05, 4.69) is 4.72 Å². The third kappa shape index (κ3) is 4.45. The summed E-state index contributed by atoms with van der Waals surface area (Å²) in [7, 11) is -4.37. The lowest BCUT2D eigenvalue weighted by Gasteiger charge is -2.29. The molecule has 0 saturated heterocycles. The summed E-state index contributed by atoms with van der Waals surface area (Å²) in [5, 5.41) is 0. The van der Waals surface area contributed by atoms with Gasteiger partial charge in [0, 0.05) is 29.9 Å². The molecule has 0 fully saturated rings. The number of rotatable bonds is 8. The van der Waals surface area contributed by atoms with Gasteiger partial charge in [0.15, 0.2) is 4.91 Å². The molecule has 1 N–H and O–H groups in total. The SMILES string of the molecule is CCN(CC)C1=C(S(=O)(=O)Nc2ccc(Oc3ccccc3)cc2)C(=O)c2ccccc2C1=O. The predicted molar refractivity (Wildman–Crippen MR) is 131 cm³/mol. The molecule has 0 saturated carbocycles. The van der Waals surface area contributed by atoms with Crippen LogP contribution in [0.25, 0.3) is 0 Å². The number of carbonyl (C=O) groups is 2. The standard InChI is InChI=1S/C26H24N2O5S/c1-3-28(4-2)23-24(29)21-12-8-9-13-22(21)25(30)26(23)34(31,32)27-18-14-16-20(17-15-18)33-19-10-6-5-7-11-19/h5-17,27H,3-4H2,1-2H3. The minimum atomic E-state index is -4.37. The van der Waals surface area contributed by atoms with Crippen LogP contribution in [0.1, 0.15) is 34.6 Å². The highest BCUT2D eigenvalue weighted by atomic mass is 32.2. The second-order valence-electron chi connectivity index (χ2n) is 7.60. The first-order valence-corrected chi connectivity index (χ1v) is 12.4. The average molecular weight is 477 g/mol. The summed E-state index contributed by atoms with van der Waals surface area (Å²) >= 11 is 0. The van der Waals surface area contributed by atoms with Crippen LogP contribution in [0.15, 0.2) is 89.5 Å². The van der Waals surface area contributed by atoms with Crippen molar-refractivity contribution >= 4 is 27.3 Å². The molecule has 0 atom stereocenters. The van der Waals surface area contributed by atoms with Crippen LogP contribution in [0.4, 0.5) is 5.69 Å². The number of sulfonamides is 1. The van der Waals surface area contributed by atoms with Crippen molar-refractivity contribution in [3.8, 4) is 11.5 Å². The number of allylic oxidation sites excluding steroid dienone is 2. The van der Waals surface area contributed by atoms with Gasteiger partial charge in [-0.15, -0.1) is 0 Å². The second kappa shape index (κ2) is 9.52. The molecule has 3 aromatic rings. The number of ether oxygens (including phenoxy) is 1. The zero-order valence-corrected chi connectivity index (χ0v) is 19.6. The normalized spacial score (nSPS) is 13.5. The summed E-state index contributed by atoms with van der Waals surface area (Å²) in [6, 6.07) is 21.8. The predicted octanol–water partition coefficient (Wildman–Crippen LogP) is 4.85. The van der Waals surface area contributed by atoms with Crippen molar-refractivity contribution in [3.63, 3.8) is 0 Å².